The van der Waals surface area contributed by atoms with E-state index < -0.39 is 0 Å². The molecule has 1 saturated heterocycles. The summed E-state index contributed by atoms with van der Waals surface area (Å²) in [5.74, 6) is 0.0924. The van der Waals surface area contributed by atoms with Crippen LogP contribution in [0.3, 0.4) is 0 Å². The lowest BCUT2D eigenvalue weighted by atomic mass is 9.88. The number of hydrogen-bond donors (Lipinski definition) is 1. The van der Waals surface area contributed by atoms with Gasteiger partial charge in [0.05, 0.1) is 13.0 Å². The number of carbonyl (C=O) groups excluding carboxylic acids is 2. The first kappa shape index (κ1) is 20.6. The van der Waals surface area contributed by atoms with Crippen molar-refractivity contribution in [3.05, 3.63) is 95.8 Å². The van der Waals surface area contributed by atoms with E-state index in [9.17, 15) is 9.59 Å². The molecule has 6 heteroatoms. The number of methoxy groups -OCH3 is 1. The van der Waals surface area contributed by atoms with E-state index in [-0.39, 0.29) is 23.7 Å². The molecule has 2 amide bonds. The van der Waals surface area contributed by atoms with E-state index in [1.54, 1.807) is 42.6 Å². The van der Waals surface area contributed by atoms with Gasteiger partial charge in [0.2, 0.25) is 5.91 Å². The molecule has 0 aliphatic carbocycles. The van der Waals surface area contributed by atoms with Gasteiger partial charge in [-0.15, -0.1) is 0 Å². The summed E-state index contributed by atoms with van der Waals surface area (Å²) >= 11 is 0. The average Bonchev–Trinajstić information content (AvgIpc) is 3.29. The summed E-state index contributed by atoms with van der Waals surface area (Å²) in [7, 11) is 1.58. The van der Waals surface area contributed by atoms with Crippen molar-refractivity contribution in [2.75, 3.05) is 20.2 Å². The maximum atomic E-state index is 13.2. The second kappa shape index (κ2) is 9.43. The van der Waals surface area contributed by atoms with Gasteiger partial charge in [-0.05, 0) is 35.4 Å². The van der Waals surface area contributed by atoms with E-state index >= 15 is 0 Å². The molecule has 6 nitrogen and oxygen atoms in total. The summed E-state index contributed by atoms with van der Waals surface area (Å²) in [5, 5.41) is 3.02. The van der Waals surface area contributed by atoms with E-state index in [4.69, 9.17) is 4.74 Å². The predicted octanol–water partition coefficient (Wildman–Crippen LogP) is 3.26. The Bertz CT molecular complexity index is 1040. The average molecular weight is 415 g/mol. The fourth-order valence-corrected chi connectivity index (χ4v) is 4.03. The summed E-state index contributed by atoms with van der Waals surface area (Å²) in [6, 6.07) is 20.8. The van der Waals surface area contributed by atoms with Gasteiger partial charge in [0.1, 0.15) is 5.75 Å². The third kappa shape index (κ3) is 4.74. The van der Waals surface area contributed by atoms with Crippen LogP contribution in [0, 0.1) is 5.92 Å². The van der Waals surface area contributed by atoms with Crippen molar-refractivity contribution in [3.8, 4) is 5.75 Å². The van der Waals surface area contributed by atoms with Gasteiger partial charge < -0.3 is 15.0 Å². The Morgan fingerprint density at radius 3 is 2.65 bits per heavy atom. The zero-order valence-electron chi connectivity index (χ0n) is 17.4. The van der Waals surface area contributed by atoms with Gasteiger partial charge in [-0.25, -0.2) is 0 Å². The molecule has 2 heterocycles. The number of likely N-dealkylation sites (tertiary alicyclic amines) is 1. The van der Waals surface area contributed by atoms with Crippen LogP contribution in [-0.4, -0.2) is 41.9 Å². The van der Waals surface area contributed by atoms with Crippen LogP contribution >= 0.6 is 0 Å². The molecular weight excluding hydrogens is 390 g/mol. The molecule has 2 unspecified atom stereocenters. The molecule has 0 spiro atoms. The van der Waals surface area contributed by atoms with Crippen LogP contribution in [0.2, 0.25) is 0 Å². The number of nitrogens with one attached hydrogen (secondary N) is 1. The Morgan fingerprint density at radius 2 is 1.90 bits per heavy atom. The normalized spacial score (nSPS) is 17.9. The van der Waals surface area contributed by atoms with Crippen molar-refractivity contribution in [2.24, 2.45) is 5.92 Å². The number of aromatic nitrogens is 1. The molecule has 2 aromatic carbocycles. The Morgan fingerprint density at radius 1 is 1.06 bits per heavy atom. The molecule has 1 aromatic heterocycles. The Labute approximate surface area is 181 Å². The lowest BCUT2D eigenvalue weighted by Crippen LogP contribution is -2.35. The summed E-state index contributed by atoms with van der Waals surface area (Å²) in [4.78, 5) is 32.1. The van der Waals surface area contributed by atoms with E-state index in [1.807, 2.05) is 48.5 Å². The lowest BCUT2D eigenvalue weighted by Gasteiger charge is -2.18. The molecule has 0 saturated carbocycles. The minimum Gasteiger partial charge on any atom is -0.497 e. The number of carbonyl (C=O) groups is 2. The third-order valence-electron chi connectivity index (χ3n) is 5.68. The summed E-state index contributed by atoms with van der Waals surface area (Å²) in [6.07, 6.45) is 3.44. The highest BCUT2D eigenvalue weighted by atomic mass is 16.5. The van der Waals surface area contributed by atoms with Crippen molar-refractivity contribution in [3.63, 3.8) is 0 Å². The van der Waals surface area contributed by atoms with Crippen LogP contribution in [0.15, 0.2) is 79.1 Å². The van der Waals surface area contributed by atoms with Crippen LogP contribution in [0.5, 0.6) is 5.75 Å². The number of benzene rings is 2. The van der Waals surface area contributed by atoms with Gasteiger partial charge in [0.25, 0.3) is 5.91 Å². The largest absolute Gasteiger partial charge is 0.497 e. The quantitative estimate of drug-likeness (QED) is 0.671. The number of ether oxygens (including phenoxy) is 1. The first-order valence-electron chi connectivity index (χ1n) is 10.3. The van der Waals surface area contributed by atoms with Gasteiger partial charge in [0.15, 0.2) is 0 Å². The number of hydrogen-bond acceptors (Lipinski definition) is 4. The molecule has 2 atom stereocenters. The molecule has 31 heavy (non-hydrogen) atoms. The minimum absolute atomic E-state index is 0.0568. The van der Waals surface area contributed by atoms with E-state index in [0.717, 1.165) is 11.1 Å². The van der Waals surface area contributed by atoms with Crippen molar-refractivity contribution < 1.29 is 14.3 Å². The Balaban J connectivity index is 1.53. The maximum Gasteiger partial charge on any atom is 0.254 e. The lowest BCUT2D eigenvalue weighted by molar-refractivity contribution is -0.125. The highest BCUT2D eigenvalue weighted by molar-refractivity contribution is 5.95. The van der Waals surface area contributed by atoms with E-state index in [1.165, 1.54) is 0 Å². The monoisotopic (exact) mass is 415 g/mol. The van der Waals surface area contributed by atoms with Gasteiger partial charge in [-0.1, -0.05) is 42.5 Å². The zero-order valence-corrected chi connectivity index (χ0v) is 17.4. The Kier molecular flexibility index (Phi) is 6.26. The number of rotatable bonds is 6. The summed E-state index contributed by atoms with van der Waals surface area (Å²) in [6.45, 7) is 1.27. The first-order chi connectivity index (χ1) is 15.2. The summed E-state index contributed by atoms with van der Waals surface area (Å²) < 4.78 is 5.25. The fourth-order valence-electron chi connectivity index (χ4n) is 4.03. The van der Waals surface area contributed by atoms with Crippen molar-refractivity contribution in [1.29, 1.82) is 0 Å². The molecule has 0 bridgehead atoms. The second-order valence-electron chi connectivity index (χ2n) is 7.64. The topological polar surface area (TPSA) is 71.5 Å². The van der Waals surface area contributed by atoms with Crippen molar-refractivity contribution in [1.82, 2.24) is 15.2 Å². The molecule has 3 aromatic rings. The highest BCUT2D eigenvalue weighted by Crippen LogP contribution is 2.34. The molecule has 1 aliphatic heterocycles. The van der Waals surface area contributed by atoms with Crippen molar-refractivity contribution >= 4 is 11.8 Å². The summed E-state index contributed by atoms with van der Waals surface area (Å²) in [5.41, 5.74) is 2.56. The molecule has 0 radical (unpaired) electrons. The number of pyridine rings is 1. The third-order valence-corrected chi connectivity index (χ3v) is 5.68. The van der Waals surface area contributed by atoms with Crippen LogP contribution in [0.1, 0.15) is 27.4 Å². The maximum absolute atomic E-state index is 13.2. The SMILES string of the molecule is COc1cccc(C(=O)N2CC(C(=O)NCc3cccnc3)C(c3ccccc3)C2)c1. The van der Waals surface area contributed by atoms with Gasteiger partial charge in [-0.2, -0.15) is 0 Å². The van der Waals surface area contributed by atoms with Gasteiger partial charge >= 0.3 is 0 Å². The van der Waals surface area contributed by atoms with Crippen LogP contribution < -0.4 is 10.1 Å². The standard InChI is InChI=1S/C25H25N3O3/c1-31-21-11-5-10-20(13-21)25(30)28-16-22(19-8-3-2-4-9-19)23(17-28)24(29)27-15-18-7-6-12-26-14-18/h2-14,22-23H,15-17H2,1H3,(H,27,29). The number of nitrogens with zero attached hydrogens (tertiary/aromatic N) is 2. The Hall–Kier alpha value is -3.67. The second-order valence-corrected chi connectivity index (χ2v) is 7.64. The van der Waals surface area contributed by atoms with Crippen LogP contribution in [-0.2, 0) is 11.3 Å². The zero-order chi connectivity index (χ0) is 21.6. The smallest absolute Gasteiger partial charge is 0.254 e. The molecule has 158 valence electrons. The predicted molar refractivity (Wildman–Crippen MR) is 118 cm³/mol. The van der Waals surface area contributed by atoms with Crippen LogP contribution in [0.25, 0.3) is 0 Å². The van der Waals surface area contributed by atoms with E-state index in [2.05, 4.69) is 10.3 Å². The van der Waals surface area contributed by atoms with Crippen LogP contribution in [0.4, 0.5) is 0 Å². The molecule has 1 aliphatic rings. The molecule has 1 fully saturated rings. The van der Waals surface area contributed by atoms with Gasteiger partial charge in [-0.3, -0.25) is 14.6 Å². The molecule has 4 rings (SSSR count). The minimum atomic E-state index is -0.325. The van der Waals surface area contributed by atoms with Crippen molar-refractivity contribution in [2.45, 2.75) is 12.5 Å². The first-order valence-corrected chi connectivity index (χ1v) is 10.3. The fraction of sp³-hybridized carbons (Fsp3) is 0.240. The highest BCUT2D eigenvalue weighted by Gasteiger charge is 2.40. The molecular formula is C25H25N3O3. The number of amides is 2. The molecule has 1 N–H and O–H groups in total. The van der Waals surface area contributed by atoms with E-state index in [0.29, 0.717) is 30.9 Å². The van der Waals surface area contributed by atoms with Gasteiger partial charge in [0, 0.05) is 43.5 Å².